The van der Waals surface area contributed by atoms with Gasteiger partial charge in [0.1, 0.15) is 18.5 Å². The number of alkyl halides is 1. The number of rotatable bonds is 7. The first kappa shape index (κ1) is 18.5. The van der Waals surface area contributed by atoms with E-state index in [1.807, 2.05) is 5.32 Å². The van der Waals surface area contributed by atoms with Crippen molar-refractivity contribution in [2.45, 2.75) is 25.9 Å². The summed E-state index contributed by atoms with van der Waals surface area (Å²) in [4.78, 5) is 34.9. The van der Waals surface area contributed by atoms with E-state index in [-0.39, 0.29) is 11.5 Å². The summed E-state index contributed by atoms with van der Waals surface area (Å²) in [5.41, 5.74) is 0.144. The number of carboxylic acid groups (broad SMARTS) is 1. The Hall–Kier alpha value is -2.51. The summed E-state index contributed by atoms with van der Waals surface area (Å²) in [6.45, 7) is 2.01. The van der Waals surface area contributed by atoms with Crippen LogP contribution < -0.4 is 10.6 Å². The smallest absolute Gasteiger partial charge is 0.328 e. The van der Waals surface area contributed by atoms with Gasteiger partial charge in [-0.1, -0.05) is 13.8 Å². The monoisotopic (exact) mass is 328 g/mol. The fraction of sp³-hybridized carbons (Fsp3) is 0.400. The maximum Gasteiger partial charge on any atom is 0.328 e. The van der Waals surface area contributed by atoms with Gasteiger partial charge in [0, 0.05) is 5.56 Å². The zero-order valence-electron chi connectivity index (χ0n) is 12.7. The lowest BCUT2D eigenvalue weighted by Crippen LogP contribution is -2.54. The SMILES string of the molecule is CC(C)C(NC(=O)c1ccc(F)cc1)C(=O)NC(CF)C(=O)O. The molecule has 0 spiro atoms. The highest BCUT2D eigenvalue weighted by Crippen LogP contribution is 2.07. The lowest BCUT2D eigenvalue weighted by Gasteiger charge is -2.23. The molecule has 1 rings (SSSR count). The molecule has 0 bridgehead atoms. The van der Waals surface area contributed by atoms with Crippen molar-refractivity contribution in [1.29, 1.82) is 0 Å². The molecule has 23 heavy (non-hydrogen) atoms. The van der Waals surface area contributed by atoms with Gasteiger partial charge in [-0.25, -0.2) is 13.6 Å². The molecule has 0 fully saturated rings. The van der Waals surface area contributed by atoms with Crippen LogP contribution in [-0.2, 0) is 9.59 Å². The molecule has 0 aliphatic rings. The Labute approximate surface area is 131 Å². The fourth-order valence-electron chi connectivity index (χ4n) is 1.79. The van der Waals surface area contributed by atoms with Gasteiger partial charge in [0.25, 0.3) is 5.91 Å². The van der Waals surface area contributed by atoms with E-state index in [0.29, 0.717) is 0 Å². The first-order valence-corrected chi connectivity index (χ1v) is 6.91. The van der Waals surface area contributed by atoms with Crippen LogP contribution >= 0.6 is 0 Å². The quantitative estimate of drug-likeness (QED) is 0.699. The number of amides is 2. The molecule has 0 saturated carbocycles. The summed E-state index contributed by atoms with van der Waals surface area (Å²) >= 11 is 0. The normalized spacial score (nSPS) is 13.3. The van der Waals surface area contributed by atoms with Crippen molar-refractivity contribution >= 4 is 17.8 Å². The summed E-state index contributed by atoms with van der Waals surface area (Å²) in [5.74, 6) is -3.81. The number of hydrogen-bond acceptors (Lipinski definition) is 3. The summed E-state index contributed by atoms with van der Waals surface area (Å²) in [6.07, 6.45) is 0. The third-order valence-electron chi connectivity index (χ3n) is 3.11. The Morgan fingerprint density at radius 2 is 1.70 bits per heavy atom. The van der Waals surface area contributed by atoms with E-state index >= 15 is 0 Å². The molecule has 126 valence electrons. The van der Waals surface area contributed by atoms with Gasteiger partial charge >= 0.3 is 5.97 Å². The van der Waals surface area contributed by atoms with Crippen molar-refractivity contribution in [3.8, 4) is 0 Å². The number of nitrogens with one attached hydrogen (secondary N) is 2. The van der Waals surface area contributed by atoms with Gasteiger partial charge in [-0.3, -0.25) is 9.59 Å². The highest BCUT2D eigenvalue weighted by molar-refractivity contribution is 5.98. The lowest BCUT2D eigenvalue weighted by molar-refractivity contribution is -0.142. The third-order valence-corrected chi connectivity index (χ3v) is 3.11. The molecular weight excluding hydrogens is 310 g/mol. The number of hydrogen-bond donors (Lipinski definition) is 3. The van der Waals surface area contributed by atoms with Gasteiger partial charge in [0.15, 0.2) is 6.04 Å². The maximum atomic E-state index is 12.8. The van der Waals surface area contributed by atoms with Gasteiger partial charge in [-0.05, 0) is 30.2 Å². The largest absolute Gasteiger partial charge is 0.480 e. The molecule has 1 aromatic carbocycles. The number of benzene rings is 1. The molecule has 2 amide bonds. The third kappa shape index (κ3) is 5.32. The fourth-order valence-corrected chi connectivity index (χ4v) is 1.79. The van der Waals surface area contributed by atoms with Crippen LogP contribution in [0.15, 0.2) is 24.3 Å². The Balaban J connectivity index is 2.82. The molecule has 0 aromatic heterocycles. The number of aliphatic carboxylic acids is 1. The maximum absolute atomic E-state index is 12.8. The first-order valence-electron chi connectivity index (χ1n) is 6.91. The average molecular weight is 328 g/mol. The summed E-state index contributed by atoms with van der Waals surface area (Å²) < 4.78 is 25.4. The first-order chi connectivity index (χ1) is 10.8. The van der Waals surface area contributed by atoms with Crippen molar-refractivity contribution in [3.05, 3.63) is 35.6 Å². The second-order valence-electron chi connectivity index (χ2n) is 5.26. The molecule has 2 unspecified atom stereocenters. The Kier molecular flexibility index (Phi) is 6.62. The highest BCUT2D eigenvalue weighted by Gasteiger charge is 2.28. The van der Waals surface area contributed by atoms with Crippen molar-refractivity contribution < 1.29 is 28.3 Å². The molecule has 0 saturated heterocycles. The average Bonchev–Trinajstić information content (AvgIpc) is 2.49. The minimum Gasteiger partial charge on any atom is -0.480 e. The lowest BCUT2D eigenvalue weighted by atomic mass is 10.0. The standard InChI is InChI=1S/C15H18F2N2O4/c1-8(2)12(14(21)18-11(7-16)15(22)23)19-13(20)9-3-5-10(17)6-4-9/h3-6,8,11-12H,7H2,1-2H3,(H,18,21)(H,19,20)(H,22,23). The molecular formula is C15H18F2N2O4. The van der Waals surface area contributed by atoms with Gasteiger partial charge in [0.05, 0.1) is 0 Å². The number of halogens is 2. The second kappa shape index (κ2) is 8.21. The van der Waals surface area contributed by atoms with E-state index in [0.717, 1.165) is 12.1 Å². The van der Waals surface area contributed by atoms with E-state index in [1.54, 1.807) is 13.8 Å². The summed E-state index contributed by atoms with van der Waals surface area (Å²) in [6, 6.07) is 1.97. The van der Waals surface area contributed by atoms with Crippen molar-refractivity contribution in [3.63, 3.8) is 0 Å². The molecule has 8 heteroatoms. The minimum atomic E-state index is -1.67. The predicted molar refractivity (Wildman–Crippen MR) is 78.0 cm³/mol. The molecule has 2 atom stereocenters. The van der Waals surface area contributed by atoms with Crippen molar-refractivity contribution in [2.75, 3.05) is 6.67 Å². The molecule has 1 aromatic rings. The highest BCUT2D eigenvalue weighted by atomic mass is 19.1. The van der Waals surface area contributed by atoms with Crippen molar-refractivity contribution in [1.82, 2.24) is 10.6 Å². The van der Waals surface area contributed by atoms with E-state index < -0.39 is 42.4 Å². The van der Waals surface area contributed by atoms with Crippen LogP contribution in [0.3, 0.4) is 0 Å². The van der Waals surface area contributed by atoms with E-state index in [2.05, 4.69) is 5.32 Å². The zero-order chi connectivity index (χ0) is 17.6. The number of carbonyl (C=O) groups is 3. The second-order valence-corrected chi connectivity index (χ2v) is 5.26. The molecule has 0 heterocycles. The number of carbonyl (C=O) groups excluding carboxylic acids is 2. The van der Waals surface area contributed by atoms with Crippen LogP contribution in [0.25, 0.3) is 0 Å². The van der Waals surface area contributed by atoms with Crippen LogP contribution in [0.5, 0.6) is 0 Å². The van der Waals surface area contributed by atoms with Crippen LogP contribution in [0, 0.1) is 11.7 Å². The van der Waals surface area contributed by atoms with Gasteiger partial charge < -0.3 is 15.7 Å². The van der Waals surface area contributed by atoms with Crippen LogP contribution in [-0.4, -0.2) is 41.6 Å². The molecule has 6 nitrogen and oxygen atoms in total. The van der Waals surface area contributed by atoms with Gasteiger partial charge in [0.2, 0.25) is 5.91 Å². The molecule has 0 aliphatic heterocycles. The Morgan fingerprint density at radius 3 is 2.13 bits per heavy atom. The van der Waals surface area contributed by atoms with Gasteiger partial charge in [-0.2, -0.15) is 0 Å². The Bertz CT molecular complexity index is 575. The Morgan fingerprint density at radius 1 is 1.13 bits per heavy atom. The zero-order valence-corrected chi connectivity index (χ0v) is 12.7. The minimum absolute atomic E-state index is 0.144. The summed E-state index contributed by atoms with van der Waals surface area (Å²) in [7, 11) is 0. The van der Waals surface area contributed by atoms with Crippen molar-refractivity contribution in [2.24, 2.45) is 5.92 Å². The van der Waals surface area contributed by atoms with Crippen LogP contribution in [0.2, 0.25) is 0 Å². The molecule has 0 aliphatic carbocycles. The topological polar surface area (TPSA) is 95.5 Å². The number of carboxylic acids is 1. The van der Waals surface area contributed by atoms with E-state index in [9.17, 15) is 23.2 Å². The van der Waals surface area contributed by atoms with Gasteiger partial charge in [-0.15, -0.1) is 0 Å². The van der Waals surface area contributed by atoms with Crippen LogP contribution in [0.1, 0.15) is 24.2 Å². The van der Waals surface area contributed by atoms with E-state index in [1.165, 1.54) is 12.1 Å². The predicted octanol–water partition coefficient (Wildman–Crippen LogP) is 1.12. The molecule has 0 radical (unpaired) electrons. The summed E-state index contributed by atoms with van der Waals surface area (Å²) in [5, 5.41) is 13.2. The van der Waals surface area contributed by atoms with E-state index in [4.69, 9.17) is 5.11 Å². The van der Waals surface area contributed by atoms with Crippen LogP contribution in [0.4, 0.5) is 8.78 Å². The molecule has 3 N–H and O–H groups in total.